The van der Waals surface area contributed by atoms with Crippen molar-refractivity contribution in [1.82, 2.24) is 5.32 Å². The van der Waals surface area contributed by atoms with E-state index in [-0.39, 0.29) is 24.3 Å². The minimum absolute atomic E-state index is 0.108. The molecule has 0 unspecified atom stereocenters. The van der Waals surface area contributed by atoms with E-state index < -0.39 is 0 Å². The van der Waals surface area contributed by atoms with Gasteiger partial charge in [-0.15, -0.1) is 0 Å². The van der Waals surface area contributed by atoms with E-state index in [9.17, 15) is 9.59 Å². The monoisotopic (exact) mass is 302 g/mol. The maximum atomic E-state index is 12.0. The Morgan fingerprint density at radius 3 is 2.14 bits per heavy atom. The fourth-order valence-electron chi connectivity index (χ4n) is 3.10. The predicted octanol–water partition coefficient (Wildman–Crippen LogP) is 3.47. The summed E-state index contributed by atoms with van der Waals surface area (Å²) in [4.78, 5) is 24.0. The molecule has 1 saturated carbocycles. The number of anilines is 1. The largest absolute Gasteiger partial charge is 0.353 e. The van der Waals surface area contributed by atoms with Gasteiger partial charge in [0.25, 0.3) is 0 Å². The van der Waals surface area contributed by atoms with Crippen LogP contribution in [0.3, 0.4) is 0 Å². The molecule has 0 spiro atoms. The molecular formula is C18H26N2O2. The van der Waals surface area contributed by atoms with Crippen LogP contribution in [0.25, 0.3) is 0 Å². The summed E-state index contributed by atoms with van der Waals surface area (Å²) in [5, 5.41) is 5.80. The molecule has 0 aliphatic heterocycles. The third kappa shape index (κ3) is 5.51. The minimum atomic E-state index is -0.254. The molecule has 0 heterocycles. The van der Waals surface area contributed by atoms with Crippen molar-refractivity contribution in [2.75, 3.05) is 5.32 Å². The molecule has 1 aromatic rings. The van der Waals surface area contributed by atoms with Crippen LogP contribution in [0.5, 0.6) is 0 Å². The SMILES string of the molecule is Cc1cc(C)cc(NC(=O)CC(=O)NC2CCCCCC2)c1. The van der Waals surface area contributed by atoms with Crippen LogP contribution in [-0.4, -0.2) is 17.9 Å². The molecule has 2 N–H and O–H groups in total. The van der Waals surface area contributed by atoms with Gasteiger partial charge in [0.1, 0.15) is 6.42 Å². The number of hydrogen-bond acceptors (Lipinski definition) is 2. The summed E-state index contributed by atoms with van der Waals surface area (Å²) in [6.07, 6.45) is 6.79. The smallest absolute Gasteiger partial charge is 0.233 e. The normalized spacial score (nSPS) is 15.9. The molecule has 4 heteroatoms. The van der Waals surface area contributed by atoms with E-state index in [1.54, 1.807) is 0 Å². The second-order valence-electron chi connectivity index (χ2n) is 6.36. The average Bonchev–Trinajstić information content (AvgIpc) is 2.65. The predicted molar refractivity (Wildman–Crippen MR) is 88.8 cm³/mol. The van der Waals surface area contributed by atoms with Crippen molar-refractivity contribution in [3.63, 3.8) is 0 Å². The van der Waals surface area contributed by atoms with Crippen molar-refractivity contribution in [3.05, 3.63) is 29.3 Å². The van der Waals surface area contributed by atoms with Gasteiger partial charge in [-0.3, -0.25) is 9.59 Å². The van der Waals surface area contributed by atoms with Gasteiger partial charge in [0.2, 0.25) is 11.8 Å². The second-order valence-corrected chi connectivity index (χ2v) is 6.36. The van der Waals surface area contributed by atoms with Crippen molar-refractivity contribution in [1.29, 1.82) is 0 Å². The molecule has 22 heavy (non-hydrogen) atoms. The number of aryl methyl sites for hydroxylation is 2. The van der Waals surface area contributed by atoms with Gasteiger partial charge in [-0.05, 0) is 49.9 Å². The first kappa shape index (κ1) is 16.5. The van der Waals surface area contributed by atoms with Crippen LogP contribution >= 0.6 is 0 Å². The number of hydrogen-bond donors (Lipinski definition) is 2. The van der Waals surface area contributed by atoms with Gasteiger partial charge >= 0.3 is 0 Å². The van der Waals surface area contributed by atoms with E-state index in [1.165, 1.54) is 25.7 Å². The van der Waals surface area contributed by atoms with Crippen LogP contribution in [0.4, 0.5) is 5.69 Å². The van der Waals surface area contributed by atoms with Gasteiger partial charge in [-0.25, -0.2) is 0 Å². The summed E-state index contributed by atoms with van der Waals surface area (Å²) in [6, 6.07) is 6.11. The van der Waals surface area contributed by atoms with Crippen LogP contribution in [0, 0.1) is 13.8 Å². The second kappa shape index (κ2) is 7.97. The molecule has 4 nitrogen and oxygen atoms in total. The Morgan fingerprint density at radius 1 is 0.955 bits per heavy atom. The number of rotatable bonds is 4. The number of benzene rings is 1. The molecule has 1 fully saturated rings. The van der Waals surface area contributed by atoms with E-state index >= 15 is 0 Å². The van der Waals surface area contributed by atoms with Crippen LogP contribution in [0.2, 0.25) is 0 Å². The number of carbonyl (C=O) groups excluding carboxylic acids is 2. The summed E-state index contributed by atoms with van der Waals surface area (Å²) in [7, 11) is 0. The Kier molecular flexibility index (Phi) is 5.99. The molecule has 0 atom stereocenters. The highest BCUT2D eigenvalue weighted by atomic mass is 16.2. The fraction of sp³-hybridized carbons (Fsp3) is 0.556. The number of amides is 2. The van der Waals surface area contributed by atoms with E-state index in [1.807, 2.05) is 26.0 Å². The molecule has 2 amide bonds. The number of nitrogens with one attached hydrogen (secondary N) is 2. The quantitative estimate of drug-likeness (QED) is 0.661. The van der Waals surface area contributed by atoms with Crippen LogP contribution < -0.4 is 10.6 Å². The third-order valence-electron chi connectivity index (χ3n) is 4.05. The van der Waals surface area contributed by atoms with Crippen molar-refractivity contribution < 1.29 is 9.59 Å². The maximum absolute atomic E-state index is 12.0. The first-order valence-electron chi connectivity index (χ1n) is 8.20. The summed E-state index contributed by atoms with van der Waals surface area (Å²) >= 11 is 0. The lowest BCUT2D eigenvalue weighted by molar-refractivity contribution is -0.127. The van der Waals surface area contributed by atoms with Crippen LogP contribution in [0.15, 0.2) is 18.2 Å². The van der Waals surface area contributed by atoms with Gasteiger partial charge in [0.15, 0.2) is 0 Å². The molecule has 1 aliphatic carbocycles. The zero-order chi connectivity index (χ0) is 15.9. The van der Waals surface area contributed by atoms with Gasteiger partial charge < -0.3 is 10.6 Å². The van der Waals surface area contributed by atoms with Gasteiger partial charge in [0, 0.05) is 11.7 Å². The molecule has 0 aromatic heterocycles. The van der Waals surface area contributed by atoms with Gasteiger partial charge in [0.05, 0.1) is 0 Å². The summed E-state index contributed by atoms with van der Waals surface area (Å²) < 4.78 is 0. The van der Waals surface area contributed by atoms with Crippen molar-refractivity contribution in [2.45, 2.75) is 64.8 Å². The Labute approximate surface area is 132 Å². The van der Waals surface area contributed by atoms with E-state index in [2.05, 4.69) is 16.7 Å². The highest BCUT2D eigenvalue weighted by Crippen LogP contribution is 2.17. The Balaban J connectivity index is 1.81. The maximum Gasteiger partial charge on any atom is 0.233 e. The average molecular weight is 302 g/mol. The van der Waals surface area contributed by atoms with Crippen LogP contribution in [0.1, 0.15) is 56.1 Å². The molecule has 1 aliphatic rings. The number of carbonyl (C=O) groups is 2. The first-order valence-corrected chi connectivity index (χ1v) is 8.20. The topological polar surface area (TPSA) is 58.2 Å². The lowest BCUT2D eigenvalue weighted by atomic mass is 10.1. The molecule has 0 bridgehead atoms. The van der Waals surface area contributed by atoms with Crippen LogP contribution in [-0.2, 0) is 9.59 Å². The standard InChI is InChI=1S/C18H26N2O2/c1-13-9-14(2)11-16(10-13)20-18(22)12-17(21)19-15-7-5-3-4-6-8-15/h9-11,15H,3-8,12H2,1-2H3,(H,19,21)(H,20,22). The van der Waals surface area contributed by atoms with Crippen molar-refractivity contribution in [3.8, 4) is 0 Å². The highest BCUT2D eigenvalue weighted by molar-refractivity contribution is 6.03. The molecular weight excluding hydrogens is 276 g/mol. The minimum Gasteiger partial charge on any atom is -0.353 e. The zero-order valence-corrected chi connectivity index (χ0v) is 13.6. The zero-order valence-electron chi connectivity index (χ0n) is 13.6. The Morgan fingerprint density at radius 2 is 1.55 bits per heavy atom. The van der Waals surface area contributed by atoms with E-state index in [0.717, 1.165) is 29.7 Å². The lowest BCUT2D eigenvalue weighted by Crippen LogP contribution is -2.36. The molecule has 2 rings (SSSR count). The molecule has 120 valence electrons. The Hall–Kier alpha value is -1.84. The molecule has 1 aromatic carbocycles. The van der Waals surface area contributed by atoms with Crippen molar-refractivity contribution >= 4 is 17.5 Å². The van der Waals surface area contributed by atoms with E-state index in [4.69, 9.17) is 0 Å². The van der Waals surface area contributed by atoms with E-state index in [0.29, 0.717) is 0 Å². The lowest BCUT2D eigenvalue weighted by Gasteiger charge is -2.16. The fourth-order valence-corrected chi connectivity index (χ4v) is 3.10. The highest BCUT2D eigenvalue weighted by Gasteiger charge is 2.16. The van der Waals surface area contributed by atoms with Crippen molar-refractivity contribution in [2.24, 2.45) is 0 Å². The first-order chi connectivity index (χ1) is 10.5. The van der Waals surface area contributed by atoms with Gasteiger partial charge in [-0.1, -0.05) is 31.7 Å². The Bertz CT molecular complexity index is 512. The molecule has 0 radical (unpaired) electrons. The third-order valence-corrected chi connectivity index (χ3v) is 4.05. The summed E-state index contributed by atoms with van der Waals surface area (Å²) in [6.45, 7) is 3.98. The van der Waals surface area contributed by atoms with Gasteiger partial charge in [-0.2, -0.15) is 0 Å². The molecule has 0 saturated heterocycles. The summed E-state index contributed by atoms with van der Waals surface area (Å²) in [5.74, 6) is -0.426. The summed E-state index contributed by atoms with van der Waals surface area (Å²) in [5.41, 5.74) is 2.95.